The fourth-order valence-corrected chi connectivity index (χ4v) is 4.11. The smallest absolute Gasteiger partial charge is 0.124 e. The maximum atomic E-state index is 6.06. The minimum absolute atomic E-state index is 0.179. The van der Waals surface area contributed by atoms with Crippen LogP contribution in [0, 0.1) is 0 Å². The van der Waals surface area contributed by atoms with E-state index in [1.807, 2.05) is 18.2 Å². The lowest BCUT2D eigenvalue weighted by atomic mass is 10.0. The lowest BCUT2D eigenvalue weighted by molar-refractivity contribution is 0.404. The molecule has 7 heteroatoms. The highest BCUT2D eigenvalue weighted by Crippen LogP contribution is 2.40. The fraction of sp³-hybridized carbons (Fsp3) is 0.167. The van der Waals surface area contributed by atoms with Gasteiger partial charge >= 0.3 is 0 Å². The first-order chi connectivity index (χ1) is 9.06. The molecule has 1 atom stereocenters. The quantitative estimate of drug-likeness (QED) is 0.560. The molecule has 3 N–H and O–H groups in total. The van der Waals surface area contributed by atoms with Gasteiger partial charge < -0.3 is 4.74 Å². The zero-order valence-electron chi connectivity index (χ0n) is 9.91. The Balaban J connectivity index is 2.50. The van der Waals surface area contributed by atoms with E-state index in [0.29, 0.717) is 5.02 Å². The molecule has 2 rings (SSSR count). The minimum Gasteiger partial charge on any atom is -0.496 e. The highest BCUT2D eigenvalue weighted by atomic mass is 79.9. The molecule has 102 valence electrons. The van der Waals surface area contributed by atoms with Crippen LogP contribution in [0.5, 0.6) is 5.75 Å². The Bertz CT molecular complexity index is 572. The maximum absolute atomic E-state index is 6.06. The third-order valence-corrected chi connectivity index (χ3v) is 6.17. The van der Waals surface area contributed by atoms with Crippen LogP contribution >= 0.6 is 54.8 Å². The second-order valence-corrected chi connectivity index (χ2v) is 7.45. The van der Waals surface area contributed by atoms with E-state index in [4.69, 9.17) is 22.2 Å². The Labute approximate surface area is 137 Å². The summed E-state index contributed by atoms with van der Waals surface area (Å²) in [4.78, 5) is 1.06. The topological polar surface area (TPSA) is 47.3 Å². The van der Waals surface area contributed by atoms with Crippen molar-refractivity contribution in [2.45, 2.75) is 6.04 Å². The van der Waals surface area contributed by atoms with E-state index in [0.717, 1.165) is 24.4 Å². The fourth-order valence-electron chi connectivity index (χ4n) is 1.76. The van der Waals surface area contributed by atoms with Crippen LogP contribution in [0.2, 0.25) is 5.02 Å². The predicted molar refractivity (Wildman–Crippen MR) is 86.9 cm³/mol. The summed E-state index contributed by atoms with van der Waals surface area (Å²) >= 11 is 14.6. The highest BCUT2D eigenvalue weighted by molar-refractivity contribution is 9.13. The number of hydrogen-bond donors (Lipinski definition) is 2. The molecule has 1 aromatic carbocycles. The second kappa shape index (κ2) is 6.56. The van der Waals surface area contributed by atoms with Gasteiger partial charge in [-0.3, -0.25) is 5.84 Å². The first-order valence-electron chi connectivity index (χ1n) is 5.31. The molecule has 1 heterocycles. The molecular formula is C12H11Br2ClN2OS. The number of benzene rings is 1. The molecule has 0 spiro atoms. The van der Waals surface area contributed by atoms with Crippen LogP contribution in [-0.2, 0) is 0 Å². The summed E-state index contributed by atoms with van der Waals surface area (Å²) < 4.78 is 7.38. The van der Waals surface area contributed by atoms with Crippen LogP contribution in [0.25, 0.3) is 0 Å². The van der Waals surface area contributed by atoms with Gasteiger partial charge in [0.1, 0.15) is 5.75 Å². The molecule has 19 heavy (non-hydrogen) atoms. The summed E-state index contributed by atoms with van der Waals surface area (Å²) in [6.45, 7) is 0. The Morgan fingerprint density at radius 2 is 2.11 bits per heavy atom. The summed E-state index contributed by atoms with van der Waals surface area (Å²) in [7, 11) is 1.63. The van der Waals surface area contributed by atoms with E-state index >= 15 is 0 Å². The lowest BCUT2D eigenvalue weighted by Gasteiger charge is -2.18. The number of hydrogen-bond acceptors (Lipinski definition) is 4. The van der Waals surface area contributed by atoms with Crippen LogP contribution in [0.15, 0.2) is 32.5 Å². The molecule has 1 unspecified atom stereocenters. The van der Waals surface area contributed by atoms with Gasteiger partial charge in [0.15, 0.2) is 0 Å². The van der Waals surface area contributed by atoms with E-state index in [1.165, 1.54) is 0 Å². The summed E-state index contributed by atoms with van der Waals surface area (Å²) in [5, 5.41) is 0.644. The van der Waals surface area contributed by atoms with Crippen molar-refractivity contribution in [3.63, 3.8) is 0 Å². The zero-order valence-corrected chi connectivity index (χ0v) is 14.7. The Morgan fingerprint density at radius 1 is 1.37 bits per heavy atom. The van der Waals surface area contributed by atoms with Crippen LogP contribution in [0.3, 0.4) is 0 Å². The Morgan fingerprint density at radius 3 is 2.63 bits per heavy atom. The molecular weight excluding hydrogens is 415 g/mol. The molecule has 2 aromatic rings. The lowest BCUT2D eigenvalue weighted by Crippen LogP contribution is -2.28. The van der Waals surface area contributed by atoms with Crippen molar-refractivity contribution in [1.82, 2.24) is 5.43 Å². The number of hydrazine groups is 1. The van der Waals surface area contributed by atoms with Crippen LogP contribution < -0.4 is 16.0 Å². The molecule has 1 aromatic heterocycles. The molecule has 0 aliphatic carbocycles. The number of rotatable bonds is 4. The van der Waals surface area contributed by atoms with Crippen molar-refractivity contribution < 1.29 is 4.74 Å². The van der Waals surface area contributed by atoms with Gasteiger partial charge in [-0.1, -0.05) is 11.6 Å². The molecule has 0 saturated carbocycles. The van der Waals surface area contributed by atoms with Crippen LogP contribution in [0.4, 0.5) is 0 Å². The van der Waals surface area contributed by atoms with Gasteiger partial charge in [-0.15, -0.1) is 11.3 Å². The van der Waals surface area contributed by atoms with E-state index in [1.54, 1.807) is 24.5 Å². The van der Waals surface area contributed by atoms with Gasteiger partial charge in [0, 0.05) is 19.9 Å². The number of ether oxygens (including phenoxy) is 1. The molecule has 0 radical (unpaired) electrons. The van der Waals surface area contributed by atoms with Gasteiger partial charge in [-0.25, -0.2) is 5.43 Å². The van der Waals surface area contributed by atoms with Crippen molar-refractivity contribution in [3.8, 4) is 5.75 Å². The van der Waals surface area contributed by atoms with Crippen molar-refractivity contribution in [1.29, 1.82) is 0 Å². The van der Waals surface area contributed by atoms with Gasteiger partial charge in [0.25, 0.3) is 0 Å². The third-order valence-electron chi connectivity index (χ3n) is 2.62. The summed E-state index contributed by atoms with van der Waals surface area (Å²) in [6.07, 6.45) is 0. The zero-order chi connectivity index (χ0) is 14.0. The van der Waals surface area contributed by atoms with E-state index < -0.39 is 0 Å². The normalized spacial score (nSPS) is 12.5. The van der Waals surface area contributed by atoms with E-state index in [2.05, 4.69) is 37.3 Å². The molecule has 3 nitrogen and oxygen atoms in total. The SMILES string of the molecule is COc1ccc(Cl)cc1C(NN)c1cc(Br)c(Br)s1. The number of methoxy groups -OCH3 is 1. The summed E-state index contributed by atoms with van der Waals surface area (Å²) in [5.74, 6) is 6.44. The predicted octanol–water partition coefficient (Wildman–Crippen LogP) is 4.49. The molecule has 0 amide bonds. The van der Waals surface area contributed by atoms with E-state index in [9.17, 15) is 0 Å². The number of thiophene rings is 1. The monoisotopic (exact) mass is 424 g/mol. The first-order valence-corrected chi connectivity index (χ1v) is 8.09. The minimum atomic E-state index is -0.179. The summed E-state index contributed by atoms with van der Waals surface area (Å²) in [5.41, 5.74) is 3.71. The third kappa shape index (κ3) is 3.32. The maximum Gasteiger partial charge on any atom is 0.124 e. The van der Waals surface area contributed by atoms with Crippen LogP contribution in [-0.4, -0.2) is 7.11 Å². The molecule has 0 saturated heterocycles. The highest BCUT2D eigenvalue weighted by Gasteiger charge is 2.20. The van der Waals surface area contributed by atoms with E-state index in [-0.39, 0.29) is 6.04 Å². The van der Waals surface area contributed by atoms with Gasteiger partial charge in [0.2, 0.25) is 0 Å². The number of nitrogens with one attached hydrogen (secondary N) is 1. The second-order valence-electron chi connectivity index (χ2n) is 3.76. The molecule has 0 aliphatic heterocycles. The van der Waals surface area contributed by atoms with Gasteiger partial charge in [-0.2, -0.15) is 0 Å². The average Bonchev–Trinajstić information content (AvgIpc) is 2.70. The number of halogens is 3. The molecule has 0 fully saturated rings. The van der Waals surface area contributed by atoms with Crippen molar-refractivity contribution in [2.24, 2.45) is 5.84 Å². The van der Waals surface area contributed by atoms with Gasteiger partial charge in [0.05, 0.1) is 16.9 Å². The Kier molecular flexibility index (Phi) is 5.28. The average molecular weight is 427 g/mol. The molecule has 0 aliphatic rings. The standard InChI is InChI=1S/C12H11Br2ClN2OS/c1-18-9-3-2-6(15)4-7(9)11(17-16)10-5-8(13)12(14)19-10/h2-5,11,17H,16H2,1H3. The van der Waals surface area contributed by atoms with Crippen molar-refractivity contribution in [3.05, 3.63) is 48.0 Å². The molecule has 0 bridgehead atoms. The van der Waals surface area contributed by atoms with Gasteiger partial charge in [-0.05, 0) is 56.1 Å². The summed E-state index contributed by atoms with van der Waals surface area (Å²) in [6, 6.07) is 7.31. The van der Waals surface area contributed by atoms with Crippen molar-refractivity contribution >= 4 is 54.8 Å². The largest absolute Gasteiger partial charge is 0.496 e. The Hall–Kier alpha value is -0.110. The van der Waals surface area contributed by atoms with Crippen molar-refractivity contribution in [2.75, 3.05) is 7.11 Å². The van der Waals surface area contributed by atoms with Crippen LogP contribution in [0.1, 0.15) is 16.5 Å². The number of nitrogens with two attached hydrogens (primary N) is 1. The first kappa shape index (κ1) is 15.3.